The first kappa shape index (κ1) is 16.2. The fraction of sp³-hybridized carbons (Fsp3) is 0.500. The zero-order valence-electron chi connectivity index (χ0n) is 14.7. The summed E-state index contributed by atoms with van der Waals surface area (Å²) in [5.41, 5.74) is 0.827. The van der Waals surface area contributed by atoms with Crippen LogP contribution < -0.4 is 4.74 Å². The smallest absolute Gasteiger partial charge is 0.292 e. The number of carbonyl (C=O) groups is 1. The first-order valence-corrected chi connectivity index (χ1v) is 9.09. The Morgan fingerprint density at radius 1 is 1.24 bits per heavy atom. The number of likely N-dealkylation sites (tertiary alicyclic amines) is 1. The summed E-state index contributed by atoms with van der Waals surface area (Å²) in [6.07, 6.45) is 2.36. The van der Waals surface area contributed by atoms with Gasteiger partial charge in [0.2, 0.25) is 5.76 Å². The predicted octanol–water partition coefficient (Wildman–Crippen LogP) is 3.73. The van der Waals surface area contributed by atoms with Crippen molar-refractivity contribution in [3.8, 4) is 5.75 Å². The van der Waals surface area contributed by atoms with Gasteiger partial charge in [-0.15, -0.1) is 0 Å². The van der Waals surface area contributed by atoms with Crippen LogP contribution >= 0.6 is 0 Å². The van der Waals surface area contributed by atoms with E-state index in [-0.39, 0.29) is 17.9 Å². The van der Waals surface area contributed by atoms with Crippen molar-refractivity contribution in [2.45, 2.75) is 38.7 Å². The molecular formula is C20H24N2O3. The highest BCUT2D eigenvalue weighted by atomic mass is 16.5. The van der Waals surface area contributed by atoms with Crippen LogP contribution in [0.2, 0.25) is 0 Å². The molecule has 0 N–H and O–H groups in total. The Balaban J connectivity index is 1.42. The van der Waals surface area contributed by atoms with E-state index in [1.807, 2.05) is 49.1 Å². The first-order chi connectivity index (χ1) is 12.1. The van der Waals surface area contributed by atoms with Crippen molar-refractivity contribution in [1.29, 1.82) is 0 Å². The van der Waals surface area contributed by atoms with Gasteiger partial charge in [0.15, 0.2) is 0 Å². The molecule has 1 aliphatic heterocycles. The normalized spacial score (nSPS) is 25.4. The number of nitrogens with zero attached hydrogens (tertiary/aromatic N) is 2. The lowest BCUT2D eigenvalue weighted by Gasteiger charge is -2.21. The summed E-state index contributed by atoms with van der Waals surface area (Å²) in [7, 11) is 0. The molecule has 3 atom stereocenters. The Bertz CT molecular complexity index is 740. The monoisotopic (exact) mass is 340 g/mol. The maximum absolute atomic E-state index is 12.7. The lowest BCUT2D eigenvalue weighted by molar-refractivity contribution is 0.0721. The molecule has 25 heavy (non-hydrogen) atoms. The zero-order valence-corrected chi connectivity index (χ0v) is 14.7. The van der Waals surface area contributed by atoms with E-state index >= 15 is 0 Å². The van der Waals surface area contributed by atoms with Crippen LogP contribution in [0.3, 0.4) is 0 Å². The predicted molar refractivity (Wildman–Crippen MR) is 93.6 cm³/mol. The number of rotatable bonds is 4. The van der Waals surface area contributed by atoms with Gasteiger partial charge in [-0.05, 0) is 36.8 Å². The molecule has 1 aromatic heterocycles. The lowest BCUT2D eigenvalue weighted by atomic mass is 9.99. The minimum absolute atomic E-state index is 0.0488. The van der Waals surface area contributed by atoms with Crippen molar-refractivity contribution in [2.75, 3.05) is 13.1 Å². The van der Waals surface area contributed by atoms with Gasteiger partial charge in [-0.25, -0.2) is 0 Å². The SMILES string of the molecule is CC(C)c1cc(C(=O)N2C[C@@H]3CC[C@H](Oc4ccccc4)[C@@H]3C2)on1. The first-order valence-electron chi connectivity index (χ1n) is 9.09. The van der Waals surface area contributed by atoms with Crippen molar-refractivity contribution in [3.05, 3.63) is 47.9 Å². The summed E-state index contributed by atoms with van der Waals surface area (Å²) in [6, 6.07) is 11.7. The van der Waals surface area contributed by atoms with Crippen LogP contribution in [-0.4, -0.2) is 35.2 Å². The van der Waals surface area contributed by atoms with Gasteiger partial charge in [0.05, 0.1) is 5.69 Å². The van der Waals surface area contributed by atoms with Crippen molar-refractivity contribution in [1.82, 2.24) is 10.1 Å². The van der Waals surface area contributed by atoms with E-state index in [1.54, 1.807) is 6.07 Å². The average Bonchev–Trinajstić information content (AvgIpc) is 3.32. The Morgan fingerprint density at radius 3 is 2.76 bits per heavy atom. The molecule has 5 heteroatoms. The standard InChI is InChI=1S/C20H24N2O3/c1-13(2)17-10-19(25-21-17)20(23)22-11-14-8-9-18(16(14)12-22)24-15-6-4-3-5-7-15/h3-7,10,13-14,16,18H,8-9,11-12H2,1-2H3/t14-,16+,18-/m0/s1. The van der Waals surface area contributed by atoms with Crippen molar-refractivity contribution < 1.29 is 14.1 Å². The Hall–Kier alpha value is -2.30. The van der Waals surface area contributed by atoms with E-state index in [9.17, 15) is 4.79 Å². The number of para-hydroxylation sites is 1. The molecule has 2 fully saturated rings. The highest BCUT2D eigenvalue weighted by Crippen LogP contribution is 2.40. The number of fused-ring (bicyclic) bond motifs is 1. The molecule has 1 amide bonds. The zero-order chi connectivity index (χ0) is 17.4. The highest BCUT2D eigenvalue weighted by molar-refractivity contribution is 5.91. The molecule has 2 heterocycles. The number of amides is 1. The van der Waals surface area contributed by atoms with E-state index < -0.39 is 0 Å². The topological polar surface area (TPSA) is 55.6 Å². The van der Waals surface area contributed by atoms with Crippen molar-refractivity contribution >= 4 is 5.91 Å². The van der Waals surface area contributed by atoms with Crippen LogP contribution in [-0.2, 0) is 0 Å². The van der Waals surface area contributed by atoms with Crippen LogP contribution in [0.1, 0.15) is 48.9 Å². The lowest BCUT2D eigenvalue weighted by Crippen LogP contribution is -2.32. The molecule has 2 aliphatic rings. The van der Waals surface area contributed by atoms with Gasteiger partial charge in [-0.1, -0.05) is 37.2 Å². The summed E-state index contributed by atoms with van der Waals surface area (Å²) in [6.45, 7) is 5.60. The molecule has 132 valence electrons. The molecule has 1 saturated heterocycles. The maximum Gasteiger partial charge on any atom is 0.292 e. The van der Waals surface area contributed by atoms with Gasteiger partial charge >= 0.3 is 0 Å². The molecule has 5 nitrogen and oxygen atoms in total. The van der Waals surface area contributed by atoms with E-state index in [1.165, 1.54) is 0 Å². The molecule has 1 aromatic carbocycles. The maximum atomic E-state index is 12.7. The fourth-order valence-electron chi connectivity index (χ4n) is 4.02. The molecule has 0 unspecified atom stereocenters. The van der Waals surface area contributed by atoms with E-state index in [2.05, 4.69) is 5.16 Å². The quantitative estimate of drug-likeness (QED) is 0.851. The number of benzene rings is 1. The molecule has 1 saturated carbocycles. The molecule has 0 spiro atoms. The Kier molecular flexibility index (Phi) is 4.24. The van der Waals surface area contributed by atoms with E-state index in [4.69, 9.17) is 9.26 Å². The van der Waals surface area contributed by atoms with Crippen LogP contribution in [0.15, 0.2) is 40.9 Å². The molecule has 2 aromatic rings. The summed E-state index contributed by atoms with van der Waals surface area (Å²) in [5.74, 6) is 2.39. The third-order valence-electron chi connectivity index (χ3n) is 5.44. The average molecular weight is 340 g/mol. The second-order valence-electron chi connectivity index (χ2n) is 7.45. The van der Waals surface area contributed by atoms with Gasteiger partial charge in [0, 0.05) is 25.1 Å². The Labute approximate surface area is 147 Å². The fourth-order valence-corrected chi connectivity index (χ4v) is 4.02. The van der Waals surface area contributed by atoms with Crippen LogP contribution in [0.4, 0.5) is 0 Å². The van der Waals surface area contributed by atoms with Crippen LogP contribution in [0.25, 0.3) is 0 Å². The number of hydrogen-bond donors (Lipinski definition) is 0. The number of aromatic nitrogens is 1. The molecule has 0 radical (unpaired) electrons. The Morgan fingerprint density at radius 2 is 2.04 bits per heavy atom. The minimum atomic E-state index is -0.0488. The van der Waals surface area contributed by atoms with Gasteiger partial charge in [0.1, 0.15) is 11.9 Å². The van der Waals surface area contributed by atoms with E-state index in [0.717, 1.165) is 37.4 Å². The van der Waals surface area contributed by atoms with Crippen LogP contribution in [0, 0.1) is 11.8 Å². The molecule has 4 rings (SSSR count). The summed E-state index contributed by atoms with van der Waals surface area (Å²) < 4.78 is 11.5. The number of ether oxygens (including phenoxy) is 1. The molecule has 1 aliphatic carbocycles. The number of hydrogen-bond acceptors (Lipinski definition) is 4. The molecular weight excluding hydrogens is 316 g/mol. The van der Waals surface area contributed by atoms with Crippen molar-refractivity contribution in [2.24, 2.45) is 11.8 Å². The van der Waals surface area contributed by atoms with Gasteiger partial charge in [0.25, 0.3) is 5.91 Å². The third-order valence-corrected chi connectivity index (χ3v) is 5.44. The van der Waals surface area contributed by atoms with Gasteiger partial charge in [-0.3, -0.25) is 4.79 Å². The van der Waals surface area contributed by atoms with Gasteiger partial charge < -0.3 is 14.2 Å². The number of carbonyl (C=O) groups excluding carboxylic acids is 1. The largest absolute Gasteiger partial charge is 0.490 e. The summed E-state index contributed by atoms with van der Waals surface area (Å²) in [5, 5.41) is 4.00. The summed E-state index contributed by atoms with van der Waals surface area (Å²) in [4.78, 5) is 14.6. The third kappa shape index (κ3) is 3.15. The second kappa shape index (κ2) is 6.54. The highest BCUT2D eigenvalue weighted by Gasteiger charge is 2.45. The van der Waals surface area contributed by atoms with E-state index in [0.29, 0.717) is 17.6 Å². The molecule has 0 bridgehead atoms. The minimum Gasteiger partial charge on any atom is -0.490 e. The van der Waals surface area contributed by atoms with Gasteiger partial charge in [-0.2, -0.15) is 0 Å². The van der Waals surface area contributed by atoms with Crippen LogP contribution in [0.5, 0.6) is 5.75 Å². The van der Waals surface area contributed by atoms with Crippen molar-refractivity contribution in [3.63, 3.8) is 0 Å². The summed E-state index contributed by atoms with van der Waals surface area (Å²) >= 11 is 0. The second-order valence-corrected chi connectivity index (χ2v) is 7.45.